The zero-order chi connectivity index (χ0) is 9.52. The molecule has 2 nitrogen and oxygen atoms in total. The zero-order valence-corrected chi connectivity index (χ0v) is 8.04. The quantitative estimate of drug-likeness (QED) is 0.633. The van der Waals surface area contributed by atoms with Crippen LogP contribution in [0.4, 0.5) is 0 Å². The highest BCUT2D eigenvalue weighted by Gasteiger charge is 2.15. The van der Waals surface area contributed by atoms with Crippen LogP contribution in [0.2, 0.25) is 0 Å². The molecule has 1 atom stereocenters. The van der Waals surface area contributed by atoms with Crippen LogP contribution in [0.15, 0.2) is 12.2 Å². The van der Waals surface area contributed by atoms with Crippen LogP contribution in [0, 0.1) is 5.92 Å². The van der Waals surface area contributed by atoms with Crippen molar-refractivity contribution in [2.45, 2.75) is 44.9 Å². The molecule has 0 saturated carbocycles. The van der Waals surface area contributed by atoms with E-state index in [-0.39, 0.29) is 5.92 Å². The molecule has 0 aromatic carbocycles. The molecule has 0 fully saturated rings. The average Bonchev–Trinajstić information content (AvgIpc) is 2.14. The summed E-state index contributed by atoms with van der Waals surface area (Å²) in [7, 11) is 0. The number of allylic oxidation sites excluding steroid dienone is 2. The van der Waals surface area contributed by atoms with Gasteiger partial charge in [0.25, 0.3) is 0 Å². The molecular weight excluding hydrogens is 164 g/mol. The Bertz CT molecular complexity index is 185. The number of hydrogen-bond donors (Lipinski definition) is 1. The molecule has 13 heavy (non-hydrogen) atoms. The van der Waals surface area contributed by atoms with Crippen LogP contribution < -0.4 is 0 Å². The zero-order valence-electron chi connectivity index (χ0n) is 8.04. The smallest absolute Gasteiger partial charge is 0.306 e. The Morgan fingerprint density at radius 1 is 1.15 bits per heavy atom. The largest absolute Gasteiger partial charge is 0.481 e. The standard InChI is InChI=1S/C11H18O2/c12-11(13)10-8-6-4-2-1-3-5-7-9-10/h4,6,10H,1-3,5,7-9H2,(H,12,13). The fraction of sp³-hybridized carbons (Fsp3) is 0.727. The molecule has 2 heteroatoms. The van der Waals surface area contributed by atoms with E-state index >= 15 is 0 Å². The van der Waals surface area contributed by atoms with Crippen molar-refractivity contribution in [2.24, 2.45) is 5.92 Å². The summed E-state index contributed by atoms with van der Waals surface area (Å²) in [6.07, 6.45) is 11.6. The normalized spacial score (nSPS) is 25.4. The van der Waals surface area contributed by atoms with E-state index in [2.05, 4.69) is 6.08 Å². The van der Waals surface area contributed by atoms with Gasteiger partial charge < -0.3 is 5.11 Å². The van der Waals surface area contributed by atoms with Gasteiger partial charge in [-0.3, -0.25) is 4.79 Å². The minimum Gasteiger partial charge on any atom is -0.481 e. The number of aliphatic carboxylic acids is 1. The SMILES string of the molecule is O=C(O)C1CC=CCCCCCC1. The van der Waals surface area contributed by atoms with Crippen LogP contribution in [-0.2, 0) is 4.79 Å². The maximum Gasteiger partial charge on any atom is 0.306 e. The van der Waals surface area contributed by atoms with Gasteiger partial charge in [0.2, 0.25) is 0 Å². The molecule has 0 heterocycles. The van der Waals surface area contributed by atoms with Crippen molar-refractivity contribution in [3.63, 3.8) is 0 Å². The van der Waals surface area contributed by atoms with Gasteiger partial charge in [0.15, 0.2) is 0 Å². The second-order valence-corrected chi connectivity index (χ2v) is 3.73. The van der Waals surface area contributed by atoms with Crippen molar-refractivity contribution in [3.8, 4) is 0 Å². The molecule has 0 aliphatic heterocycles. The van der Waals surface area contributed by atoms with E-state index in [1.165, 1.54) is 19.3 Å². The molecule has 0 amide bonds. The molecule has 0 saturated heterocycles. The van der Waals surface area contributed by atoms with Gasteiger partial charge in [-0.1, -0.05) is 31.4 Å². The number of hydrogen-bond acceptors (Lipinski definition) is 1. The van der Waals surface area contributed by atoms with Crippen LogP contribution in [0.25, 0.3) is 0 Å². The van der Waals surface area contributed by atoms with Crippen molar-refractivity contribution in [2.75, 3.05) is 0 Å². The van der Waals surface area contributed by atoms with Crippen molar-refractivity contribution in [1.82, 2.24) is 0 Å². The Labute approximate surface area is 79.6 Å². The predicted molar refractivity (Wildman–Crippen MR) is 52.6 cm³/mol. The molecule has 0 bridgehead atoms. The van der Waals surface area contributed by atoms with Crippen molar-refractivity contribution in [3.05, 3.63) is 12.2 Å². The first-order valence-electron chi connectivity index (χ1n) is 5.18. The number of carboxylic acids is 1. The molecule has 74 valence electrons. The molecule has 0 aromatic heterocycles. The lowest BCUT2D eigenvalue weighted by atomic mass is 9.95. The highest BCUT2D eigenvalue weighted by atomic mass is 16.4. The highest BCUT2D eigenvalue weighted by molar-refractivity contribution is 5.70. The summed E-state index contributed by atoms with van der Waals surface area (Å²) in [5, 5.41) is 8.88. The van der Waals surface area contributed by atoms with Gasteiger partial charge in [-0.2, -0.15) is 0 Å². The molecule has 1 aliphatic carbocycles. The fourth-order valence-corrected chi connectivity index (χ4v) is 1.73. The third kappa shape index (κ3) is 4.11. The van der Waals surface area contributed by atoms with Gasteiger partial charge in [0, 0.05) is 0 Å². The van der Waals surface area contributed by atoms with E-state index in [0.717, 1.165) is 25.7 Å². The fourth-order valence-electron chi connectivity index (χ4n) is 1.73. The minimum atomic E-state index is -0.634. The predicted octanol–water partition coefficient (Wildman–Crippen LogP) is 2.99. The van der Waals surface area contributed by atoms with Crippen LogP contribution in [0.1, 0.15) is 44.9 Å². The third-order valence-corrected chi connectivity index (χ3v) is 2.61. The van der Waals surface area contributed by atoms with Crippen LogP contribution in [0.3, 0.4) is 0 Å². The Kier molecular flexibility index (Phi) is 4.58. The summed E-state index contributed by atoms with van der Waals surface area (Å²) in [4.78, 5) is 10.8. The van der Waals surface area contributed by atoms with E-state index in [0.29, 0.717) is 0 Å². The van der Waals surface area contributed by atoms with E-state index in [9.17, 15) is 4.79 Å². The molecule has 1 rings (SSSR count). The van der Waals surface area contributed by atoms with E-state index in [4.69, 9.17) is 5.11 Å². The minimum absolute atomic E-state index is 0.144. The van der Waals surface area contributed by atoms with Crippen LogP contribution in [-0.4, -0.2) is 11.1 Å². The monoisotopic (exact) mass is 182 g/mol. The van der Waals surface area contributed by atoms with Gasteiger partial charge >= 0.3 is 5.97 Å². The Morgan fingerprint density at radius 2 is 1.92 bits per heavy atom. The van der Waals surface area contributed by atoms with Crippen molar-refractivity contribution in [1.29, 1.82) is 0 Å². The molecule has 1 unspecified atom stereocenters. The lowest BCUT2D eigenvalue weighted by molar-refractivity contribution is -0.141. The first-order chi connectivity index (χ1) is 6.30. The van der Waals surface area contributed by atoms with E-state index in [1.807, 2.05) is 6.08 Å². The second-order valence-electron chi connectivity index (χ2n) is 3.73. The lowest BCUT2D eigenvalue weighted by Crippen LogP contribution is -2.12. The summed E-state index contributed by atoms with van der Waals surface area (Å²) in [5.41, 5.74) is 0. The summed E-state index contributed by atoms with van der Waals surface area (Å²) in [6.45, 7) is 0. The summed E-state index contributed by atoms with van der Waals surface area (Å²) >= 11 is 0. The Hall–Kier alpha value is -0.790. The van der Waals surface area contributed by atoms with Gasteiger partial charge in [-0.05, 0) is 25.7 Å². The van der Waals surface area contributed by atoms with E-state index < -0.39 is 5.97 Å². The van der Waals surface area contributed by atoms with Crippen molar-refractivity contribution >= 4 is 5.97 Å². The lowest BCUT2D eigenvalue weighted by Gasteiger charge is -2.10. The van der Waals surface area contributed by atoms with Gasteiger partial charge in [-0.25, -0.2) is 0 Å². The number of carboxylic acid groups (broad SMARTS) is 1. The third-order valence-electron chi connectivity index (χ3n) is 2.61. The summed E-state index contributed by atoms with van der Waals surface area (Å²) < 4.78 is 0. The molecule has 1 aliphatic rings. The van der Waals surface area contributed by atoms with Gasteiger partial charge in [0.1, 0.15) is 0 Å². The Morgan fingerprint density at radius 3 is 2.69 bits per heavy atom. The maximum absolute atomic E-state index is 10.8. The highest BCUT2D eigenvalue weighted by Crippen LogP contribution is 2.17. The second kappa shape index (κ2) is 5.79. The first kappa shape index (κ1) is 10.3. The number of rotatable bonds is 1. The number of carbonyl (C=O) groups is 1. The summed E-state index contributed by atoms with van der Waals surface area (Å²) in [6, 6.07) is 0. The maximum atomic E-state index is 10.8. The van der Waals surface area contributed by atoms with Crippen LogP contribution >= 0.6 is 0 Å². The molecule has 1 N–H and O–H groups in total. The van der Waals surface area contributed by atoms with Gasteiger partial charge in [-0.15, -0.1) is 0 Å². The molecular formula is C11H18O2. The Balaban J connectivity index is 2.42. The van der Waals surface area contributed by atoms with Gasteiger partial charge in [0.05, 0.1) is 5.92 Å². The topological polar surface area (TPSA) is 37.3 Å². The van der Waals surface area contributed by atoms with Crippen molar-refractivity contribution < 1.29 is 9.90 Å². The average molecular weight is 182 g/mol. The van der Waals surface area contributed by atoms with Crippen LogP contribution in [0.5, 0.6) is 0 Å². The molecule has 0 spiro atoms. The molecule has 0 radical (unpaired) electrons. The molecule has 0 aromatic rings. The van der Waals surface area contributed by atoms with E-state index in [1.54, 1.807) is 0 Å². The summed E-state index contributed by atoms with van der Waals surface area (Å²) in [5.74, 6) is -0.778. The first-order valence-corrected chi connectivity index (χ1v) is 5.18.